The van der Waals surface area contributed by atoms with Gasteiger partial charge in [-0.25, -0.2) is 8.42 Å². The molecule has 0 atom stereocenters. The fourth-order valence-electron chi connectivity index (χ4n) is 3.58. The van der Waals surface area contributed by atoms with Crippen LogP contribution in [0.25, 0.3) is 0 Å². The van der Waals surface area contributed by atoms with Crippen LogP contribution in [0.15, 0.2) is 42.5 Å². The third kappa shape index (κ3) is 5.04. The summed E-state index contributed by atoms with van der Waals surface area (Å²) in [6.45, 7) is 2.94. The number of hydrogen-bond donors (Lipinski definition) is 1. The number of hydrogen-bond acceptors (Lipinski definition) is 7. The molecule has 1 saturated heterocycles. The number of benzene rings is 2. The van der Waals surface area contributed by atoms with Gasteiger partial charge in [-0.3, -0.25) is 13.9 Å². The minimum atomic E-state index is -3.77. The average Bonchev–Trinajstić information content (AvgIpc) is 3.31. The quantitative estimate of drug-likeness (QED) is 0.648. The van der Waals surface area contributed by atoms with Crippen molar-refractivity contribution in [1.82, 2.24) is 4.90 Å². The number of amides is 2. The molecule has 2 aromatic carbocycles. The van der Waals surface area contributed by atoms with Crippen LogP contribution in [-0.4, -0.2) is 70.5 Å². The molecule has 33 heavy (non-hydrogen) atoms. The van der Waals surface area contributed by atoms with Gasteiger partial charge in [0.2, 0.25) is 22.7 Å². The van der Waals surface area contributed by atoms with Crippen LogP contribution in [-0.2, 0) is 19.6 Å². The zero-order chi connectivity index (χ0) is 23.4. The van der Waals surface area contributed by atoms with Crippen molar-refractivity contribution in [2.75, 3.05) is 55.0 Å². The molecular formula is C22H25N3O7S. The van der Waals surface area contributed by atoms with E-state index in [9.17, 15) is 18.0 Å². The zero-order valence-electron chi connectivity index (χ0n) is 18.2. The van der Waals surface area contributed by atoms with E-state index in [0.29, 0.717) is 49.1 Å². The number of sulfonamides is 1. The Morgan fingerprint density at radius 3 is 2.55 bits per heavy atom. The van der Waals surface area contributed by atoms with E-state index in [2.05, 4.69) is 5.32 Å². The number of morpholine rings is 1. The van der Waals surface area contributed by atoms with Crippen LogP contribution in [0.1, 0.15) is 17.3 Å². The highest BCUT2D eigenvalue weighted by atomic mass is 32.2. The zero-order valence-corrected chi connectivity index (χ0v) is 19.0. The molecule has 0 spiro atoms. The maximum absolute atomic E-state index is 12.9. The molecular weight excluding hydrogens is 450 g/mol. The lowest BCUT2D eigenvalue weighted by Gasteiger charge is -2.28. The second kappa shape index (κ2) is 9.67. The molecule has 1 N–H and O–H groups in total. The number of carbonyl (C=O) groups excluding carboxylic acids is 2. The van der Waals surface area contributed by atoms with Gasteiger partial charge in [0, 0.05) is 19.2 Å². The molecule has 0 unspecified atom stereocenters. The summed E-state index contributed by atoms with van der Waals surface area (Å²) < 4.78 is 42.5. The van der Waals surface area contributed by atoms with Gasteiger partial charge in [0.25, 0.3) is 5.91 Å². The molecule has 11 heteroatoms. The maximum atomic E-state index is 12.9. The number of nitrogens with zero attached hydrogens (tertiary/aromatic N) is 2. The molecule has 2 heterocycles. The van der Waals surface area contributed by atoms with Crippen molar-refractivity contribution in [2.24, 2.45) is 0 Å². The summed E-state index contributed by atoms with van der Waals surface area (Å²) in [6.07, 6.45) is 0. The first-order valence-corrected chi connectivity index (χ1v) is 12.2. The molecule has 2 aromatic rings. The lowest BCUT2D eigenvalue weighted by atomic mass is 10.1. The predicted molar refractivity (Wildman–Crippen MR) is 121 cm³/mol. The Bertz CT molecular complexity index is 1150. The van der Waals surface area contributed by atoms with E-state index in [1.54, 1.807) is 41.3 Å². The van der Waals surface area contributed by atoms with E-state index in [4.69, 9.17) is 14.2 Å². The van der Waals surface area contributed by atoms with Crippen LogP contribution in [0, 0.1) is 0 Å². The summed E-state index contributed by atoms with van der Waals surface area (Å²) in [5.74, 6) is -0.0749. The van der Waals surface area contributed by atoms with E-state index in [0.717, 1.165) is 4.31 Å². The van der Waals surface area contributed by atoms with Gasteiger partial charge >= 0.3 is 0 Å². The first-order valence-electron chi connectivity index (χ1n) is 10.5. The number of nitrogens with one attached hydrogen (secondary N) is 1. The van der Waals surface area contributed by atoms with Crippen molar-refractivity contribution in [3.05, 3.63) is 48.0 Å². The number of rotatable bonds is 7. The molecule has 0 radical (unpaired) electrons. The van der Waals surface area contributed by atoms with Crippen LogP contribution in [0.5, 0.6) is 11.5 Å². The molecule has 1 fully saturated rings. The van der Waals surface area contributed by atoms with Crippen LogP contribution < -0.4 is 19.1 Å². The third-order valence-electron chi connectivity index (χ3n) is 5.36. The second-order valence-corrected chi connectivity index (χ2v) is 9.63. The Kier molecular flexibility index (Phi) is 6.70. The highest BCUT2D eigenvalue weighted by molar-refractivity contribution is 7.92. The summed E-state index contributed by atoms with van der Waals surface area (Å²) in [5, 5.41) is 2.70. The van der Waals surface area contributed by atoms with Crippen molar-refractivity contribution >= 4 is 33.2 Å². The highest BCUT2D eigenvalue weighted by Crippen LogP contribution is 2.36. The van der Waals surface area contributed by atoms with Crippen molar-refractivity contribution in [3.8, 4) is 11.5 Å². The Hall–Kier alpha value is -3.31. The molecule has 10 nitrogen and oxygen atoms in total. The normalized spacial score (nSPS) is 15.2. The fourth-order valence-corrected chi connectivity index (χ4v) is 4.64. The predicted octanol–water partition coefficient (Wildman–Crippen LogP) is 1.68. The van der Waals surface area contributed by atoms with Crippen LogP contribution in [0.3, 0.4) is 0 Å². The van der Waals surface area contributed by atoms with E-state index in [1.807, 2.05) is 0 Å². The van der Waals surface area contributed by atoms with Gasteiger partial charge in [-0.05, 0) is 31.2 Å². The molecule has 176 valence electrons. The largest absolute Gasteiger partial charge is 0.454 e. The third-order valence-corrected chi connectivity index (χ3v) is 7.10. The molecule has 0 aliphatic carbocycles. The van der Waals surface area contributed by atoms with Crippen molar-refractivity contribution in [2.45, 2.75) is 6.92 Å². The van der Waals surface area contributed by atoms with E-state index >= 15 is 0 Å². The number of carbonyl (C=O) groups is 2. The number of ether oxygens (including phenoxy) is 3. The number of fused-ring (bicyclic) bond motifs is 1. The second-order valence-electron chi connectivity index (χ2n) is 7.44. The highest BCUT2D eigenvalue weighted by Gasteiger charge is 2.27. The molecule has 0 bridgehead atoms. The Balaban J connectivity index is 1.55. The molecule has 4 rings (SSSR count). The first kappa shape index (κ1) is 22.9. The molecule has 2 aliphatic heterocycles. The van der Waals surface area contributed by atoms with Gasteiger partial charge in [0.15, 0.2) is 11.5 Å². The summed E-state index contributed by atoms with van der Waals surface area (Å²) in [6, 6.07) is 11.3. The fraction of sp³-hybridized carbons (Fsp3) is 0.364. The number of para-hydroxylation sites is 1. The monoisotopic (exact) mass is 475 g/mol. The van der Waals surface area contributed by atoms with E-state index in [-0.39, 0.29) is 24.1 Å². The van der Waals surface area contributed by atoms with Gasteiger partial charge in [0.1, 0.15) is 6.54 Å². The summed E-state index contributed by atoms with van der Waals surface area (Å²) in [7, 11) is -3.77. The smallest absolute Gasteiger partial charge is 0.256 e. The summed E-state index contributed by atoms with van der Waals surface area (Å²) in [5.41, 5.74) is 0.938. The molecule has 0 saturated carbocycles. The maximum Gasteiger partial charge on any atom is 0.256 e. The van der Waals surface area contributed by atoms with E-state index < -0.39 is 22.5 Å². The first-order chi connectivity index (χ1) is 15.9. The number of anilines is 2. The van der Waals surface area contributed by atoms with Crippen molar-refractivity contribution in [3.63, 3.8) is 0 Å². The molecule has 2 amide bonds. The molecule has 0 aromatic heterocycles. The Morgan fingerprint density at radius 1 is 1.06 bits per heavy atom. The van der Waals surface area contributed by atoms with Crippen molar-refractivity contribution in [1.29, 1.82) is 0 Å². The standard InChI is InChI=1S/C22H25N3O7S/c1-2-33(28,29)25(16-7-8-19-20(13-16)32-15-31-19)14-21(26)23-18-6-4-3-5-17(18)22(27)24-9-11-30-12-10-24/h3-8,13H,2,9-12,14-15H2,1H3,(H,23,26). The van der Waals surface area contributed by atoms with Crippen LogP contribution in [0.2, 0.25) is 0 Å². The minimum Gasteiger partial charge on any atom is -0.454 e. The van der Waals surface area contributed by atoms with E-state index in [1.165, 1.54) is 13.0 Å². The van der Waals surface area contributed by atoms with Crippen LogP contribution >= 0.6 is 0 Å². The lowest BCUT2D eigenvalue weighted by Crippen LogP contribution is -2.41. The topological polar surface area (TPSA) is 114 Å². The summed E-state index contributed by atoms with van der Waals surface area (Å²) in [4.78, 5) is 27.5. The lowest BCUT2D eigenvalue weighted by molar-refractivity contribution is -0.114. The Morgan fingerprint density at radius 2 is 1.79 bits per heavy atom. The van der Waals surface area contributed by atoms with Gasteiger partial charge in [-0.15, -0.1) is 0 Å². The van der Waals surface area contributed by atoms with Gasteiger partial charge in [-0.2, -0.15) is 0 Å². The van der Waals surface area contributed by atoms with Gasteiger partial charge in [-0.1, -0.05) is 12.1 Å². The minimum absolute atomic E-state index is 0.0494. The van der Waals surface area contributed by atoms with Crippen LogP contribution in [0.4, 0.5) is 11.4 Å². The molecule has 2 aliphatic rings. The Labute approximate surface area is 192 Å². The SMILES string of the molecule is CCS(=O)(=O)N(CC(=O)Nc1ccccc1C(=O)N1CCOCC1)c1ccc2c(c1)OCO2. The average molecular weight is 476 g/mol. The van der Waals surface area contributed by atoms with Crippen molar-refractivity contribution < 1.29 is 32.2 Å². The van der Waals surface area contributed by atoms with Gasteiger partial charge in [0.05, 0.1) is 35.9 Å². The summed E-state index contributed by atoms with van der Waals surface area (Å²) >= 11 is 0. The van der Waals surface area contributed by atoms with Gasteiger partial charge < -0.3 is 24.4 Å².